The van der Waals surface area contributed by atoms with Gasteiger partial charge in [-0.15, -0.1) is 0 Å². The molecule has 0 radical (unpaired) electrons. The normalized spacial score (nSPS) is 16.7. The first kappa shape index (κ1) is 17.2. The lowest BCUT2D eigenvalue weighted by molar-refractivity contribution is 0.202. The molecule has 2 aromatic heterocycles. The van der Waals surface area contributed by atoms with E-state index < -0.39 is 0 Å². The molecule has 0 saturated heterocycles. The summed E-state index contributed by atoms with van der Waals surface area (Å²) in [6.45, 7) is 1.27. The van der Waals surface area contributed by atoms with E-state index in [1.54, 1.807) is 25.6 Å². The van der Waals surface area contributed by atoms with Crippen molar-refractivity contribution in [3.8, 4) is 0 Å². The zero-order chi connectivity index (χ0) is 18.1. The number of hydrogen-bond donors (Lipinski definition) is 1. The molecule has 26 heavy (non-hydrogen) atoms. The fourth-order valence-corrected chi connectivity index (χ4v) is 3.82. The fourth-order valence-electron chi connectivity index (χ4n) is 3.73. The number of methoxy groups -OCH3 is 1. The molecular weight excluding hydrogens is 355 g/mol. The number of aryl methyl sites for hydroxylation is 1. The van der Waals surface area contributed by atoms with Gasteiger partial charge in [0.25, 0.3) is 0 Å². The van der Waals surface area contributed by atoms with E-state index >= 15 is 0 Å². The number of aromatic nitrogens is 3. The maximum absolute atomic E-state index is 13.7. The molecule has 0 fully saturated rings. The van der Waals surface area contributed by atoms with Gasteiger partial charge in [-0.25, -0.2) is 14.4 Å². The monoisotopic (exact) mass is 374 g/mol. The number of benzene rings is 1. The molecule has 1 atom stereocenters. The van der Waals surface area contributed by atoms with E-state index in [9.17, 15) is 4.39 Å². The Balaban J connectivity index is 1.66. The molecule has 4 rings (SSSR count). The van der Waals surface area contributed by atoms with E-state index in [1.165, 1.54) is 17.3 Å². The molecule has 1 aliphatic rings. The molecule has 1 N–H and O–H groups in total. The van der Waals surface area contributed by atoms with Crippen LogP contribution in [0.3, 0.4) is 0 Å². The van der Waals surface area contributed by atoms with Crippen LogP contribution in [0.4, 0.5) is 10.3 Å². The number of nitrogens with one attached hydrogen (secondary N) is 1. The second-order valence-electron chi connectivity index (χ2n) is 6.56. The Morgan fingerprint density at radius 1 is 1.35 bits per heavy atom. The van der Waals surface area contributed by atoms with Crippen molar-refractivity contribution in [1.29, 1.82) is 0 Å². The molecule has 2 heterocycles. The Morgan fingerprint density at radius 2 is 2.15 bits per heavy atom. The van der Waals surface area contributed by atoms with E-state index in [0.29, 0.717) is 24.1 Å². The summed E-state index contributed by atoms with van der Waals surface area (Å²) < 4.78 is 19.0. The van der Waals surface area contributed by atoms with Gasteiger partial charge in [0.2, 0.25) is 5.95 Å². The number of ether oxygens (including phenoxy) is 1. The van der Waals surface area contributed by atoms with Crippen LogP contribution in [0.25, 0.3) is 10.9 Å². The first-order valence-corrected chi connectivity index (χ1v) is 9.05. The third kappa shape index (κ3) is 3.27. The Morgan fingerprint density at radius 3 is 2.92 bits per heavy atom. The highest BCUT2D eigenvalue weighted by molar-refractivity contribution is 6.30. The molecule has 1 aromatic carbocycles. The van der Waals surface area contributed by atoms with Crippen LogP contribution in [0.1, 0.15) is 17.7 Å². The lowest BCUT2D eigenvalue weighted by Crippen LogP contribution is -2.42. The number of aromatic amines is 1. The summed E-state index contributed by atoms with van der Waals surface area (Å²) in [5.41, 5.74) is 3.38. The molecule has 0 amide bonds. The predicted molar refractivity (Wildman–Crippen MR) is 100 cm³/mol. The third-order valence-corrected chi connectivity index (χ3v) is 5.16. The van der Waals surface area contributed by atoms with Gasteiger partial charge in [-0.05, 0) is 43.0 Å². The van der Waals surface area contributed by atoms with E-state index in [0.717, 1.165) is 30.2 Å². The molecular formula is C19H20ClFN4O. The standard InChI is InChI=1S/C19H20ClFN4O/c1-26-7-6-25(19-22-10-12(20)11-23-19)14-3-5-18-16(9-14)15-8-13(21)2-4-17(15)24-18/h2,4,8,10-11,14,24H,3,5-7,9H2,1H3. The zero-order valence-corrected chi connectivity index (χ0v) is 15.3. The summed E-state index contributed by atoms with van der Waals surface area (Å²) in [4.78, 5) is 14.4. The van der Waals surface area contributed by atoms with E-state index in [2.05, 4.69) is 19.9 Å². The minimum absolute atomic E-state index is 0.210. The molecule has 0 saturated carbocycles. The van der Waals surface area contributed by atoms with E-state index in [1.807, 2.05) is 6.07 Å². The summed E-state index contributed by atoms with van der Waals surface area (Å²) in [5, 5.41) is 1.48. The van der Waals surface area contributed by atoms with Gasteiger partial charge in [-0.3, -0.25) is 0 Å². The summed E-state index contributed by atoms with van der Waals surface area (Å²) in [6, 6.07) is 5.14. The number of halogens is 2. The molecule has 5 nitrogen and oxygen atoms in total. The van der Waals surface area contributed by atoms with Gasteiger partial charge >= 0.3 is 0 Å². The van der Waals surface area contributed by atoms with Crippen LogP contribution in [0.15, 0.2) is 30.6 Å². The maximum Gasteiger partial charge on any atom is 0.225 e. The van der Waals surface area contributed by atoms with Crippen molar-refractivity contribution >= 4 is 28.5 Å². The Hall–Kier alpha value is -2.18. The molecule has 7 heteroatoms. The number of anilines is 1. The zero-order valence-electron chi connectivity index (χ0n) is 14.5. The quantitative estimate of drug-likeness (QED) is 0.738. The van der Waals surface area contributed by atoms with Crippen molar-refractivity contribution in [3.05, 3.63) is 52.7 Å². The van der Waals surface area contributed by atoms with Crippen molar-refractivity contribution < 1.29 is 9.13 Å². The van der Waals surface area contributed by atoms with E-state index in [-0.39, 0.29) is 11.9 Å². The highest BCUT2D eigenvalue weighted by Crippen LogP contribution is 2.32. The highest BCUT2D eigenvalue weighted by atomic mass is 35.5. The lowest BCUT2D eigenvalue weighted by Gasteiger charge is -2.34. The number of nitrogens with zero attached hydrogens (tertiary/aromatic N) is 3. The second-order valence-corrected chi connectivity index (χ2v) is 6.99. The number of H-pyrrole nitrogens is 1. The average molecular weight is 375 g/mol. The minimum atomic E-state index is -0.210. The van der Waals surface area contributed by atoms with E-state index in [4.69, 9.17) is 16.3 Å². The second kappa shape index (κ2) is 7.21. The van der Waals surface area contributed by atoms with Gasteiger partial charge in [-0.1, -0.05) is 11.6 Å². The molecule has 0 aliphatic heterocycles. The van der Waals surface area contributed by atoms with Crippen molar-refractivity contribution in [2.45, 2.75) is 25.3 Å². The average Bonchev–Trinajstić information content (AvgIpc) is 3.01. The van der Waals surface area contributed by atoms with Crippen molar-refractivity contribution in [2.24, 2.45) is 0 Å². The van der Waals surface area contributed by atoms with Crippen molar-refractivity contribution in [2.75, 3.05) is 25.2 Å². The van der Waals surface area contributed by atoms with Gasteiger partial charge in [0.05, 0.1) is 24.0 Å². The first-order valence-electron chi connectivity index (χ1n) is 8.68. The maximum atomic E-state index is 13.7. The Labute approximate surface area is 156 Å². The van der Waals surface area contributed by atoms with Crippen LogP contribution in [0.2, 0.25) is 5.02 Å². The smallest absolute Gasteiger partial charge is 0.225 e. The highest BCUT2D eigenvalue weighted by Gasteiger charge is 2.28. The fraction of sp³-hybridized carbons (Fsp3) is 0.368. The molecule has 0 spiro atoms. The number of hydrogen-bond acceptors (Lipinski definition) is 4. The minimum Gasteiger partial charge on any atom is -0.383 e. The van der Waals surface area contributed by atoms with Crippen LogP contribution < -0.4 is 4.90 Å². The molecule has 0 bridgehead atoms. The molecule has 1 aliphatic carbocycles. The lowest BCUT2D eigenvalue weighted by atomic mass is 9.90. The largest absolute Gasteiger partial charge is 0.383 e. The molecule has 1 unspecified atom stereocenters. The number of fused-ring (bicyclic) bond motifs is 3. The van der Waals surface area contributed by atoms with Crippen molar-refractivity contribution in [3.63, 3.8) is 0 Å². The molecule has 3 aromatic rings. The van der Waals surface area contributed by atoms with Crippen LogP contribution in [0, 0.1) is 5.82 Å². The van der Waals surface area contributed by atoms with Gasteiger partial charge in [0.1, 0.15) is 5.82 Å². The Bertz CT molecular complexity index is 912. The summed E-state index contributed by atoms with van der Waals surface area (Å²) in [7, 11) is 1.68. The third-order valence-electron chi connectivity index (χ3n) is 4.96. The van der Waals surface area contributed by atoms with Crippen LogP contribution in [-0.4, -0.2) is 41.3 Å². The van der Waals surface area contributed by atoms with Crippen molar-refractivity contribution in [1.82, 2.24) is 15.0 Å². The van der Waals surface area contributed by atoms with Gasteiger partial charge in [-0.2, -0.15) is 0 Å². The summed E-state index contributed by atoms with van der Waals surface area (Å²) in [5.74, 6) is 0.435. The first-order chi connectivity index (χ1) is 12.7. The van der Waals surface area contributed by atoms with Crippen LogP contribution >= 0.6 is 11.6 Å². The topological polar surface area (TPSA) is 54.0 Å². The summed E-state index contributed by atoms with van der Waals surface area (Å²) >= 11 is 5.93. The number of rotatable bonds is 5. The van der Waals surface area contributed by atoms with Gasteiger partial charge < -0.3 is 14.6 Å². The summed E-state index contributed by atoms with van der Waals surface area (Å²) in [6.07, 6.45) is 5.91. The van der Waals surface area contributed by atoms with Gasteiger partial charge in [0.15, 0.2) is 0 Å². The predicted octanol–water partition coefficient (Wildman–Crippen LogP) is 3.76. The van der Waals surface area contributed by atoms with Crippen LogP contribution in [0.5, 0.6) is 0 Å². The molecule has 136 valence electrons. The van der Waals surface area contributed by atoms with Gasteiger partial charge in [0, 0.05) is 36.3 Å². The Kier molecular flexibility index (Phi) is 4.78. The van der Waals surface area contributed by atoms with Crippen LogP contribution in [-0.2, 0) is 17.6 Å². The SMILES string of the molecule is COCCN(c1ncc(Cl)cn1)C1CCc2[nH]c3ccc(F)cc3c2C1.